The maximum absolute atomic E-state index is 6.12. The molecule has 0 saturated heterocycles. The van der Waals surface area contributed by atoms with E-state index in [1.165, 1.54) is 11.1 Å². The Hall–Kier alpha value is -1.30. The molecule has 0 radical (unpaired) electrons. The number of fused-ring (bicyclic) bond motifs is 1. The Kier molecular flexibility index (Phi) is 5.64. The van der Waals surface area contributed by atoms with E-state index in [4.69, 9.17) is 28.6 Å². The molecule has 1 atom stereocenters. The fraction of sp³-hybridized carbons (Fsp3) is 0.278. The fourth-order valence-electron chi connectivity index (χ4n) is 2.97. The Morgan fingerprint density at radius 3 is 2.88 bits per heavy atom. The van der Waals surface area contributed by atoms with E-state index in [-0.39, 0.29) is 6.04 Å². The van der Waals surface area contributed by atoms with Crippen LogP contribution in [0.4, 0.5) is 5.69 Å². The van der Waals surface area contributed by atoms with Gasteiger partial charge in [0, 0.05) is 10.2 Å². The van der Waals surface area contributed by atoms with Crippen molar-refractivity contribution in [2.24, 2.45) is 0 Å². The first kappa shape index (κ1) is 17.5. The molecule has 1 aliphatic rings. The molecule has 0 aromatic heterocycles. The molecule has 6 heteroatoms. The van der Waals surface area contributed by atoms with E-state index in [9.17, 15) is 0 Å². The lowest BCUT2D eigenvalue weighted by molar-refractivity contribution is 0.412. The standard InChI is InChI=1S/C18H18BrClN2OS/c1-23-13-6-7-14-11(9-13)3-2-4-17(14)22-18(24)21-12-5-8-15(19)16(20)10-12/h5-10,17H,2-4H2,1H3,(H2,21,22,24)/t17-/m1/s1. The van der Waals surface area contributed by atoms with Gasteiger partial charge in [0.15, 0.2) is 5.11 Å². The van der Waals surface area contributed by atoms with E-state index in [1.54, 1.807) is 7.11 Å². The second-order valence-electron chi connectivity index (χ2n) is 5.74. The van der Waals surface area contributed by atoms with E-state index >= 15 is 0 Å². The number of aryl methyl sites for hydroxylation is 1. The number of benzene rings is 2. The Bertz CT molecular complexity index is 769. The first-order chi connectivity index (χ1) is 11.6. The molecule has 0 heterocycles. The van der Waals surface area contributed by atoms with Crippen molar-refractivity contribution in [1.29, 1.82) is 0 Å². The normalized spacial score (nSPS) is 16.2. The number of hydrogen-bond acceptors (Lipinski definition) is 2. The first-order valence-electron chi connectivity index (χ1n) is 7.76. The molecule has 0 bridgehead atoms. The van der Waals surface area contributed by atoms with Crippen molar-refractivity contribution < 1.29 is 4.74 Å². The number of rotatable bonds is 3. The third-order valence-corrected chi connectivity index (χ3v) is 5.60. The summed E-state index contributed by atoms with van der Waals surface area (Å²) >= 11 is 15.0. The van der Waals surface area contributed by atoms with Crippen LogP contribution in [0.3, 0.4) is 0 Å². The molecule has 126 valence electrons. The first-order valence-corrected chi connectivity index (χ1v) is 9.34. The van der Waals surface area contributed by atoms with Gasteiger partial charge in [0.05, 0.1) is 18.2 Å². The van der Waals surface area contributed by atoms with Crippen LogP contribution in [0.1, 0.15) is 30.0 Å². The minimum Gasteiger partial charge on any atom is -0.497 e. The van der Waals surface area contributed by atoms with Crippen LogP contribution in [0.5, 0.6) is 5.75 Å². The van der Waals surface area contributed by atoms with Gasteiger partial charge in [-0.25, -0.2) is 0 Å². The van der Waals surface area contributed by atoms with Crippen molar-refractivity contribution in [2.45, 2.75) is 25.3 Å². The van der Waals surface area contributed by atoms with Gasteiger partial charge in [-0.05, 0) is 88.9 Å². The summed E-state index contributed by atoms with van der Waals surface area (Å²) in [6.45, 7) is 0. The van der Waals surface area contributed by atoms with Crippen LogP contribution in [0.2, 0.25) is 5.02 Å². The minimum absolute atomic E-state index is 0.213. The summed E-state index contributed by atoms with van der Waals surface area (Å²) in [5.74, 6) is 0.902. The molecular formula is C18H18BrClN2OS. The third kappa shape index (κ3) is 4.02. The number of methoxy groups -OCH3 is 1. The zero-order valence-corrected chi connectivity index (χ0v) is 16.4. The molecule has 0 aliphatic heterocycles. The number of ether oxygens (including phenoxy) is 1. The van der Waals surface area contributed by atoms with Gasteiger partial charge in [-0.3, -0.25) is 0 Å². The second kappa shape index (κ2) is 7.72. The fourth-order valence-corrected chi connectivity index (χ4v) is 3.65. The molecule has 3 nitrogen and oxygen atoms in total. The smallest absolute Gasteiger partial charge is 0.171 e. The average molecular weight is 426 g/mol. The number of anilines is 1. The van der Waals surface area contributed by atoms with Crippen LogP contribution in [0, 0.1) is 0 Å². The van der Waals surface area contributed by atoms with E-state index in [0.717, 1.165) is 35.2 Å². The summed E-state index contributed by atoms with van der Waals surface area (Å²) in [5.41, 5.74) is 3.49. The maximum atomic E-state index is 6.12. The number of thiocarbonyl (C=S) groups is 1. The highest BCUT2D eigenvalue weighted by molar-refractivity contribution is 9.10. The second-order valence-corrected chi connectivity index (χ2v) is 7.41. The predicted octanol–water partition coefficient (Wildman–Crippen LogP) is 5.48. The lowest BCUT2D eigenvalue weighted by Crippen LogP contribution is -2.34. The van der Waals surface area contributed by atoms with E-state index in [0.29, 0.717) is 10.1 Å². The SMILES string of the molecule is COc1ccc2c(c1)CCC[C@H]2NC(=S)Nc1ccc(Br)c(Cl)c1. The molecule has 1 aliphatic carbocycles. The Morgan fingerprint density at radius 1 is 1.29 bits per heavy atom. The van der Waals surface area contributed by atoms with Crippen LogP contribution in [0.15, 0.2) is 40.9 Å². The zero-order valence-electron chi connectivity index (χ0n) is 13.2. The summed E-state index contributed by atoms with van der Waals surface area (Å²) in [6, 6.07) is 12.1. The van der Waals surface area contributed by atoms with Crippen LogP contribution >= 0.6 is 39.7 Å². The van der Waals surface area contributed by atoms with E-state index in [2.05, 4.69) is 38.7 Å². The summed E-state index contributed by atoms with van der Waals surface area (Å²) in [5, 5.41) is 7.87. The van der Waals surface area contributed by atoms with Gasteiger partial charge >= 0.3 is 0 Å². The number of halogens is 2. The highest BCUT2D eigenvalue weighted by atomic mass is 79.9. The summed E-state index contributed by atoms with van der Waals surface area (Å²) < 4.78 is 6.19. The van der Waals surface area contributed by atoms with Gasteiger partial charge in [-0.1, -0.05) is 17.7 Å². The quantitative estimate of drug-likeness (QED) is 0.638. The third-order valence-electron chi connectivity index (χ3n) is 4.15. The molecule has 3 rings (SSSR count). The maximum Gasteiger partial charge on any atom is 0.171 e. The average Bonchev–Trinajstić information content (AvgIpc) is 2.58. The van der Waals surface area contributed by atoms with Gasteiger partial charge in [0.1, 0.15) is 5.75 Å². The number of nitrogens with one attached hydrogen (secondary N) is 2. The molecular weight excluding hydrogens is 408 g/mol. The van der Waals surface area contributed by atoms with Crippen molar-refractivity contribution in [1.82, 2.24) is 5.32 Å². The molecule has 2 aromatic carbocycles. The van der Waals surface area contributed by atoms with Crippen molar-refractivity contribution >= 4 is 50.5 Å². The Morgan fingerprint density at radius 2 is 2.12 bits per heavy atom. The molecule has 0 fully saturated rings. The lowest BCUT2D eigenvalue weighted by Gasteiger charge is -2.28. The Labute approximate surface area is 160 Å². The molecule has 2 N–H and O–H groups in total. The van der Waals surface area contributed by atoms with Crippen molar-refractivity contribution in [3.8, 4) is 5.75 Å². The summed E-state index contributed by atoms with van der Waals surface area (Å²) in [7, 11) is 1.70. The molecule has 0 unspecified atom stereocenters. The monoisotopic (exact) mass is 424 g/mol. The van der Waals surface area contributed by atoms with Gasteiger partial charge in [0.2, 0.25) is 0 Å². The Balaban J connectivity index is 1.70. The van der Waals surface area contributed by atoms with Crippen LogP contribution in [-0.4, -0.2) is 12.2 Å². The molecule has 0 amide bonds. The molecule has 2 aromatic rings. The van der Waals surface area contributed by atoms with Gasteiger partial charge < -0.3 is 15.4 Å². The van der Waals surface area contributed by atoms with E-state index in [1.807, 2.05) is 24.3 Å². The minimum atomic E-state index is 0.213. The van der Waals surface area contributed by atoms with Crippen molar-refractivity contribution in [2.75, 3.05) is 12.4 Å². The number of hydrogen-bond donors (Lipinski definition) is 2. The van der Waals surface area contributed by atoms with Crippen molar-refractivity contribution in [3.63, 3.8) is 0 Å². The summed E-state index contributed by atoms with van der Waals surface area (Å²) in [6.07, 6.45) is 3.26. The lowest BCUT2D eigenvalue weighted by atomic mass is 9.87. The zero-order chi connectivity index (χ0) is 17.1. The van der Waals surface area contributed by atoms with Gasteiger partial charge in [-0.15, -0.1) is 0 Å². The molecule has 0 spiro atoms. The molecule has 0 saturated carbocycles. The molecule has 24 heavy (non-hydrogen) atoms. The van der Waals surface area contributed by atoms with Crippen LogP contribution < -0.4 is 15.4 Å². The highest BCUT2D eigenvalue weighted by Crippen LogP contribution is 2.32. The van der Waals surface area contributed by atoms with Crippen molar-refractivity contribution in [3.05, 3.63) is 57.0 Å². The van der Waals surface area contributed by atoms with Gasteiger partial charge in [0.25, 0.3) is 0 Å². The predicted molar refractivity (Wildman–Crippen MR) is 107 cm³/mol. The summed E-state index contributed by atoms with van der Waals surface area (Å²) in [4.78, 5) is 0. The highest BCUT2D eigenvalue weighted by Gasteiger charge is 2.21. The topological polar surface area (TPSA) is 33.3 Å². The van der Waals surface area contributed by atoms with Crippen LogP contribution in [-0.2, 0) is 6.42 Å². The largest absolute Gasteiger partial charge is 0.497 e. The van der Waals surface area contributed by atoms with Crippen LogP contribution in [0.25, 0.3) is 0 Å². The van der Waals surface area contributed by atoms with E-state index < -0.39 is 0 Å². The van der Waals surface area contributed by atoms with Gasteiger partial charge in [-0.2, -0.15) is 0 Å².